The van der Waals surface area contributed by atoms with Gasteiger partial charge in [-0.05, 0) is 61.0 Å². The van der Waals surface area contributed by atoms with Crippen molar-refractivity contribution < 1.29 is 4.79 Å². The van der Waals surface area contributed by atoms with Crippen LogP contribution in [0.15, 0.2) is 42.5 Å². The van der Waals surface area contributed by atoms with Crippen molar-refractivity contribution in [3.05, 3.63) is 58.1 Å². The fourth-order valence-electron chi connectivity index (χ4n) is 2.26. The lowest BCUT2D eigenvalue weighted by atomic mass is 10.1. The van der Waals surface area contributed by atoms with E-state index in [-0.39, 0.29) is 12.5 Å². The molecule has 0 bridgehead atoms. The van der Waals surface area contributed by atoms with Crippen molar-refractivity contribution in [2.75, 3.05) is 17.2 Å². The first kappa shape index (κ1) is 20.5. The Balaban J connectivity index is 1.79. The summed E-state index contributed by atoms with van der Waals surface area (Å²) in [5.41, 5.74) is 2.64. The minimum Gasteiger partial charge on any atom is -0.353 e. The summed E-state index contributed by atoms with van der Waals surface area (Å²) in [5.74, 6) is -0.270. The van der Waals surface area contributed by atoms with Gasteiger partial charge in [0.25, 0.3) is 0 Å². The highest BCUT2D eigenvalue weighted by Crippen LogP contribution is 2.25. The Morgan fingerprint density at radius 2 is 1.81 bits per heavy atom. The Hall–Kier alpha value is -1.82. The zero-order valence-corrected chi connectivity index (χ0v) is 16.8. The van der Waals surface area contributed by atoms with Crippen LogP contribution in [0.5, 0.6) is 0 Å². The van der Waals surface area contributed by atoms with Gasteiger partial charge in [-0.15, -0.1) is 0 Å². The molecule has 7 heteroatoms. The predicted octanol–water partition coefficient (Wildman–Crippen LogP) is 5.26. The van der Waals surface area contributed by atoms with Crippen molar-refractivity contribution in [2.45, 2.75) is 26.2 Å². The fourth-order valence-corrected chi connectivity index (χ4v) is 2.79. The molecule has 1 amide bonds. The van der Waals surface area contributed by atoms with Crippen molar-refractivity contribution in [1.29, 1.82) is 0 Å². The van der Waals surface area contributed by atoms with E-state index >= 15 is 0 Å². The molecule has 0 radical (unpaired) electrons. The number of unbranched alkanes of at least 4 members (excludes halogenated alkanes) is 1. The van der Waals surface area contributed by atoms with Gasteiger partial charge in [0.15, 0.2) is 5.11 Å². The maximum Gasteiger partial charge on any atom is 0.243 e. The molecule has 2 aromatic carbocycles. The molecule has 138 valence electrons. The van der Waals surface area contributed by atoms with E-state index in [9.17, 15) is 4.79 Å². The summed E-state index contributed by atoms with van der Waals surface area (Å²) < 4.78 is 0. The molecule has 0 fully saturated rings. The first-order valence-electron chi connectivity index (χ1n) is 8.36. The molecule has 0 spiro atoms. The van der Waals surface area contributed by atoms with Crippen LogP contribution >= 0.6 is 35.4 Å². The third kappa shape index (κ3) is 6.83. The van der Waals surface area contributed by atoms with E-state index in [0.29, 0.717) is 20.8 Å². The van der Waals surface area contributed by atoms with Crippen LogP contribution in [0.3, 0.4) is 0 Å². The average molecular weight is 410 g/mol. The summed E-state index contributed by atoms with van der Waals surface area (Å²) in [5, 5.41) is 9.91. The van der Waals surface area contributed by atoms with Gasteiger partial charge in [-0.25, -0.2) is 0 Å². The molecule has 0 aliphatic heterocycles. The number of rotatable bonds is 7. The second-order valence-electron chi connectivity index (χ2n) is 5.78. The molecular weight excluding hydrogens is 389 g/mol. The van der Waals surface area contributed by atoms with Crippen LogP contribution in [0.2, 0.25) is 10.0 Å². The van der Waals surface area contributed by atoms with E-state index in [4.69, 9.17) is 35.4 Å². The standard InChI is InChI=1S/C19H21Cl2N3OS/c1-2-3-4-13-5-8-15(9-6-13)23-19(26)22-12-18(25)24-17-11-14(20)7-10-16(17)21/h5-11H,2-4,12H2,1H3,(H,24,25)(H2,22,23,26). The van der Waals surface area contributed by atoms with E-state index < -0.39 is 0 Å². The zero-order chi connectivity index (χ0) is 18.9. The molecule has 0 aromatic heterocycles. The first-order valence-corrected chi connectivity index (χ1v) is 9.53. The van der Waals surface area contributed by atoms with Crippen LogP contribution in [0.4, 0.5) is 11.4 Å². The van der Waals surface area contributed by atoms with Crippen molar-refractivity contribution in [1.82, 2.24) is 5.32 Å². The van der Waals surface area contributed by atoms with Gasteiger partial charge in [-0.1, -0.05) is 48.7 Å². The SMILES string of the molecule is CCCCc1ccc(NC(=S)NCC(=O)Nc2cc(Cl)ccc2Cl)cc1. The molecular formula is C19H21Cl2N3OS. The van der Waals surface area contributed by atoms with Crippen LogP contribution in [-0.4, -0.2) is 17.6 Å². The van der Waals surface area contributed by atoms with Gasteiger partial charge in [0.05, 0.1) is 17.3 Å². The second kappa shape index (κ2) is 10.4. The van der Waals surface area contributed by atoms with Gasteiger partial charge < -0.3 is 16.0 Å². The number of amides is 1. The number of carbonyl (C=O) groups excluding carboxylic acids is 1. The fraction of sp³-hybridized carbons (Fsp3) is 0.263. The van der Waals surface area contributed by atoms with Gasteiger partial charge in [-0.3, -0.25) is 4.79 Å². The monoisotopic (exact) mass is 409 g/mol. The lowest BCUT2D eigenvalue weighted by molar-refractivity contribution is -0.115. The van der Waals surface area contributed by atoms with Crippen LogP contribution in [0.25, 0.3) is 0 Å². The number of halogens is 2. The largest absolute Gasteiger partial charge is 0.353 e. The predicted molar refractivity (Wildman–Crippen MR) is 114 cm³/mol. The Morgan fingerprint density at radius 1 is 1.08 bits per heavy atom. The van der Waals surface area contributed by atoms with Crippen molar-refractivity contribution in [3.63, 3.8) is 0 Å². The quantitative estimate of drug-likeness (QED) is 0.545. The number of thiocarbonyl (C=S) groups is 1. The third-order valence-electron chi connectivity index (χ3n) is 3.64. The van der Waals surface area contributed by atoms with Crippen molar-refractivity contribution in [2.24, 2.45) is 0 Å². The molecule has 0 aliphatic rings. The number of hydrogen-bond acceptors (Lipinski definition) is 2. The van der Waals surface area contributed by atoms with Crippen LogP contribution in [0.1, 0.15) is 25.3 Å². The minimum absolute atomic E-state index is 0.0171. The second-order valence-corrected chi connectivity index (χ2v) is 7.03. The summed E-state index contributed by atoms with van der Waals surface area (Å²) >= 11 is 17.1. The molecule has 0 atom stereocenters. The highest BCUT2D eigenvalue weighted by Gasteiger charge is 2.07. The number of aryl methyl sites for hydroxylation is 1. The zero-order valence-electron chi connectivity index (χ0n) is 14.4. The molecule has 0 unspecified atom stereocenters. The summed E-state index contributed by atoms with van der Waals surface area (Å²) in [6, 6.07) is 13.0. The first-order chi connectivity index (χ1) is 12.5. The lowest BCUT2D eigenvalue weighted by Crippen LogP contribution is -2.35. The molecule has 4 nitrogen and oxygen atoms in total. The molecule has 0 heterocycles. The Kier molecular flexibility index (Phi) is 8.16. The van der Waals surface area contributed by atoms with E-state index in [2.05, 4.69) is 35.0 Å². The van der Waals surface area contributed by atoms with E-state index in [1.54, 1.807) is 18.2 Å². The van der Waals surface area contributed by atoms with Gasteiger partial charge >= 0.3 is 0 Å². The topological polar surface area (TPSA) is 53.2 Å². The number of nitrogens with one attached hydrogen (secondary N) is 3. The van der Waals surface area contributed by atoms with Gasteiger partial charge in [-0.2, -0.15) is 0 Å². The van der Waals surface area contributed by atoms with Gasteiger partial charge in [0.1, 0.15) is 0 Å². The van der Waals surface area contributed by atoms with Gasteiger partial charge in [0, 0.05) is 10.7 Å². The molecule has 2 aromatic rings. The summed E-state index contributed by atoms with van der Waals surface area (Å²) in [6.07, 6.45) is 3.43. The molecule has 26 heavy (non-hydrogen) atoms. The number of benzene rings is 2. The van der Waals surface area contributed by atoms with Crippen molar-refractivity contribution >= 4 is 57.8 Å². The normalized spacial score (nSPS) is 10.3. The summed E-state index contributed by atoms with van der Waals surface area (Å²) in [4.78, 5) is 12.0. The smallest absolute Gasteiger partial charge is 0.243 e. The Labute approximate surface area is 169 Å². The van der Waals surface area contributed by atoms with Crippen LogP contribution in [-0.2, 0) is 11.2 Å². The maximum absolute atomic E-state index is 12.0. The maximum atomic E-state index is 12.0. The Bertz CT molecular complexity index is 766. The lowest BCUT2D eigenvalue weighted by Gasteiger charge is -2.12. The highest BCUT2D eigenvalue weighted by atomic mass is 35.5. The van der Waals surface area contributed by atoms with E-state index in [1.165, 1.54) is 18.4 Å². The third-order valence-corrected chi connectivity index (χ3v) is 4.45. The van der Waals surface area contributed by atoms with Crippen molar-refractivity contribution in [3.8, 4) is 0 Å². The molecule has 2 rings (SSSR count). The van der Waals surface area contributed by atoms with E-state index in [0.717, 1.165) is 12.1 Å². The minimum atomic E-state index is -0.270. The highest BCUT2D eigenvalue weighted by molar-refractivity contribution is 7.80. The average Bonchev–Trinajstić information content (AvgIpc) is 2.62. The van der Waals surface area contributed by atoms with Crippen LogP contribution in [0, 0.1) is 0 Å². The summed E-state index contributed by atoms with van der Waals surface area (Å²) in [7, 11) is 0. The Morgan fingerprint density at radius 3 is 2.50 bits per heavy atom. The number of carbonyl (C=O) groups is 1. The molecule has 0 aliphatic carbocycles. The summed E-state index contributed by atoms with van der Waals surface area (Å²) in [6.45, 7) is 2.19. The molecule has 0 saturated heterocycles. The number of anilines is 2. The van der Waals surface area contributed by atoms with Crippen LogP contribution < -0.4 is 16.0 Å². The number of hydrogen-bond donors (Lipinski definition) is 3. The molecule has 3 N–H and O–H groups in total. The van der Waals surface area contributed by atoms with E-state index in [1.807, 2.05) is 12.1 Å². The van der Waals surface area contributed by atoms with Gasteiger partial charge in [0.2, 0.25) is 5.91 Å². The molecule has 0 saturated carbocycles.